The average Bonchev–Trinajstić information content (AvgIpc) is 2.26. The van der Waals surface area contributed by atoms with Crippen LogP contribution in [0.1, 0.15) is 31.7 Å². The molecule has 0 saturated heterocycles. The molecule has 0 N–H and O–H groups in total. The minimum Gasteiger partial charge on any atom is -0.465 e. The lowest BCUT2D eigenvalue weighted by molar-refractivity contribution is -0.112. The Morgan fingerprint density at radius 1 is 1.36 bits per heavy atom. The fourth-order valence-electron chi connectivity index (χ4n) is 1.61. The first-order valence-corrected chi connectivity index (χ1v) is 5.26. The molecule has 2 nitrogen and oxygen atoms in total. The highest BCUT2D eigenvalue weighted by Gasteiger charge is 2.18. The molecular formula is C12H16O2. The maximum Gasteiger partial charge on any atom is 0.200 e. The molecule has 0 radical (unpaired) electrons. The Bertz CT molecular complexity index is 296. The van der Waals surface area contributed by atoms with Crippen LogP contribution in [-0.4, -0.2) is 6.29 Å². The third-order valence-electron chi connectivity index (χ3n) is 2.45. The third kappa shape index (κ3) is 2.07. The summed E-state index contributed by atoms with van der Waals surface area (Å²) >= 11 is 0. The predicted octanol–water partition coefficient (Wildman–Crippen LogP) is 3.11. The first-order chi connectivity index (χ1) is 6.90. The fraction of sp³-hybridized carbons (Fsp3) is 0.500. The molecule has 0 bridgehead atoms. The van der Waals surface area contributed by atoms with Crippen LogP contribution in [-0.2, 0) is 11.3 Å². The number of para-hydroxylation sites is 1. The first kappa shape index (κ1) is 9.53. The quantitative estimate of drug-likeness (QED) is 0.732. The highest BCUT2D eigenvalue weighted by molar-refractivity contribution is 5.33. The van der Waals surface area contributed by atoms with E-state index in [1.165, 1.54) is 6.42 Å². The van der Waals surface area contributed by atoms with Crippen LogP contribution < -0.4 is 4.74 Å². The van der Waals surface area contributed by atoms with Crippen molar-refractivity contribution < 1.29 is 9.47 Å². The van der Waals surface area contributed by atoms with Crippen LogP contribution >= 0.6 is 0 Å². The van der Waals surface area contributed by atoms with E-state index in [1.807, 2.05) is 24.3 Å². The van der Waals surface area contributed by atoms with E-state index < -0.39 is 0 Å². The summed E-state index contributed by atoms with van der Waals surface area (Å²) in [7, 11) is 0. The second-order valence-corrected chi connectivity index (χ2v) is 3.61. The van der Waals surface area contributed by atoms with Gasteiger partial charge in [0.05, 0.1) is 6.61 Å². The monoisotopic (exact) mass is 192 g/mol. The molecule has 1 aromatic rings. The van der Waals surface area contributed by atoms with Crippen LogP contribution in [0.4, 0.5) is 0 Å². The summed E-state index contributed by atoms with van der Waals surface area (Å²) in [6.07, 6.45) is 3.30. The molecule has 0 fully saturated rings. The molecule has 0 aliphatic carbocycles. The molecule has 1 aromatic carbocycles. The largest absolute Gasteiger partial charge is 0.465 e. The number of fused-ring (bicyclic) bond motifs is 1. The smallest absolute Gasteiger partial charge is 0.200 e. The Morgan fingerprint density at radius 2 is 2.21 bits per heavy atom. The second kappa shape index (κ2) is 4.47. The molecule has 1 aliphatic heterocycles. The zero-order chi connectivity index (χ0) is 9.80. The Labute approximate surface area is 84.8 Å². The van der Waals surface area contributed by atoms with Gasteiger partial charge in [0.15, 0.2) is 6.29 Å². The predicted molar refractivity (Wildman–Crippen MR) is 55.2 cm³/mol. The van der Waals surface area contributed by atoms with Crippen molar-refractivity contribution in [3.63, 3.8) is 0 Å². The molecule has 14 heavy (non-hydrogen) atoms. The zero-order valence-electron chi connectivity index (χ0n) is 8.53. The van der Waals surface area contributed by atoms with Crippen molar-refractivity contribution in [2.24, 2.45) is 0 Å². The van der Waals surface area contributed by atoms with Gasteiger partial charge in [0.1, 0.15) is 5.75 Å². The van der Waals surface area contributed by atoms with E-state index in [-0.39, 0.29) is 6.29 Å². The van der Waals surface area contributed by atoms with Gasteiger partial charge in [-0.3, -0.25) is 0 Å². The summed E-state index contributed by atoms with van der Waals surface area (Å²) in [6, 6.07) is 8.07. The van der Waals surface area contributed by atoms with Crippen molar-refractivity contribution >= 4 is 0 Å². The molecule has 1 atom stereocenters. The van der Waals surface area contributed by atoms with Gasteiger partial charge in [-0.2, -0.15) is 0 Å². The van der Waals surface area contributed by atoms with Crippen LogP contribution in [0.15, 0.2) is 24.3 Å². The van der Waals surface area contributed by atoms with Gasteiger partial charge in [-0.15, -0.1) is 0 Å². The number of rotatable bonds is 3. The van der Waals surface area contributed by atoms with Gasteiger partial charge in [0.2, 0.25) is 0 Å². The third-order valence-corrected chi connectivity index (χ3v) is 2.45. The minimum absolute atomic E-state index is 0.0372. The lowest BCUT2D eigenvalue weighted by Crippen LogP contribution is -2.25. The van der Waals surface area contributed by atoms with Crippen molar-refractivity contribution in [3.05, 3.63) is 29.8 Å². The molecule has 76 valence electrons. The number of benzene rings is 1. The van der Waals surface area contributed by atoms with Crippen LogP contribution in [0.5, 0.6) is 5.75 Å². The summed E-state index contributed by atoms with van der Waals surface area (Å²) < 4.78 is 11.3. The van der Waals surface area contributed by atoms with Gasteiger partial charge in [-0.05, 0) is 12.5 Å². The minimum atomic E-state index is -0.0372. The molecular weight excluding hydrogens is 176 g/mol. The van der Waals surface area contributed by atoms with E-state index in [4.69, 9.17) is 9.47 Å². The Morgan fingerprint density at radius 3 is 3.07 bits per heavy atom. The SMILES string of the molecule is CCCCC1OCc2ccccc2O1. The summed E-state index contributed by atoms with van der Waals surface area (Å²) in [4.78, 5) is 0. The van der Waals surface area contributed by atoms with E-state index in [2.05, 4.69) is 6.92 Å². The van der Waals surface area contributed by atoms with Gasteiger partial charge in [0, 0.05) is 12.0 Å². The van der Waals surface area contributed by atoms with Crippen LogP contribution in [0.3, 0.4) is 0 Å². The van der Waals surface area contributed by atoms with Crippen LogP contribution in [0, 0.1) is 0 Å². The van der Waals surface area contributed by atoms with Crippen molar-refractivity contribution in [3.8, 4) is 5.75 Å². The number of hydrogen-bond acceptors (Lipinski definition) is 2. The van der Waals surface area contributed by atoms with Crippen LogP contribution in [0.2, 0.25) is 0 Å². The lowest BCUT2D eigenvalue weighted by atomic mass is 10.2. The molecule has 1 heterocycles. The van der Waals surface area contributed by atoms with E-state index in [9.17, 15) is 0 Å². The molecule has 1 aliphatic rings. The van der Waals surface area contributed by atoms with Crippen molar-refractivity contribution in [1.29, 1.82) is 0 Å². The van der Waals surface area contributed by atoms with E-state index in [0.29, 0.717) is 6.61 Å². The summed E-state index contributed by atoms with van der Waals surface area (Å²) in [5, 5.41) is 0. The van der Waals surface area contributed by atoms with Crippen molar-refractivity contribution in [1.82, 2.24) is 0 Å². The summed E-state index contributed by atoms with van der Waals surface area (Å²) in [5.74, 6) is 0.986. The van der Waals surface area contributed by atoms with E-state index in [0.717, 1.165) is 24.2 Å². The Hall–Kier alpha value is -1.02. The van der Waals surface area contributed by atoms with Gasteiger partial charge in [-0.25, -0.2) is 0 Å². The Kier molecular flexibility index (Phi) is 3.04. The van der Waals surface area contributed by atoms with Crippen molar-refractivity contribution in [2.45, 2.75) is 39.1 Å². The number of unbranched alkanes of at least 4 members (excludes halogenated alkanes) is 1. The van der Waals surface area contributed by atoms with Gasteiger partial charge in [0.25, 0.3) is 0 Å². The van der Waals surface area contributed by atoms with Gasteiger partial charge < -0.3 is 9.47 Å². The topological polar surface area (TPSA) is 18.5 Å². The lowest BCUT2D eigenvalue weighted by Gasteiger charge is -2.26. The van der Waals surface area contributed by atoms with E-state index in [1.54, 1.807) is 0 Å². The number of hydrogen-bond donors (Lipinski definition) is 0. The maximum atomic E-state index is 5.71. The molecule has 0 aromatic heterocycles. The highest BCUT2D eigenvalue weighted by atomic mass is 16.7. The van der Waals surface area contributed by atoms with E-state index >= 15 is 0 Å². The first-order valence-electron chi connectivity index (χ1n) is 5.26. The summed E-state index contributed by atoms with van der Waals surface area (Å²) in [6.45, 7) is 2.86. The molecule has 0 saturated carbocycles. The molecule has 1 unspecified atom stereocenters. The standard InChI is InChI=1S/C12H16O2/c1-2-3-8-12-13-9-10-6-4-5-7-11(10)14-12/h4-7,12H,2-3,8-9H2,1H3. The molecule has 0 spiro atoms. The molecule has 2 rings (SSSR count). The highest BCUT2D eigenvalue weighted by Crippen LogP contribution is 2.26. The maximum absolute atomic E-state index is 5.71. The number of ether oxygens (including phenoxy) is 2. The van der Waals surface area contributed by atoms with Crippen LogP contribution in [0.25, 0.3) is 0 Å². The molecule has 2 heteroatoms. The zero-order valence-corrected chi connectivity index (χ0v) is 8.53. The Balaban J connectivity index is 1.99. The second-order valence-electron chi connectivity index (χ2n) is 3.61. The summed E-state index contributed by atoms with van der Waals surface area (Å²) in [5.41, 5.74) is 1.15. The normalized spacial score (nSPS) is 19.9. The van der Waals surface area contributed by atoms with Crippen molar-refractivity contribution in [2.75, 3.05) is 0 Å². The molecule has 0 amide bonds. The van der Waals surface area contributed by atoms with Gasteiger partial charge in [-0.1, -0.05) is 31.5 Å². The van der Waals surface area contributed by atoms with Gasteiger partial charge >= 0.3 is 0 Å². The average molecular weight is 192 g/mol. The fourth-order valence-corrected chi connectivity index (χ4v) is 1.61.